The Morgan fingerprint density at radius 3 is 3.00 bits per heavy atom. The monoisotopic (exact) mass is 279 g/mol. The number of aromatic nitrogens is 1. The average molecular weight is 279 g/mol. The van der Waals surface area contributed by atoms with E-state index in [1.165, 1.54) is 5.75 Å². The number of nitrogens with zero attached hydrogens (tertiary/aromatic N) is 3. The lowest BCUT2D eigenvalue weighted by molar-refractivity contribution is 0.190. The van der Waals surface area contributed by atoms with Gasteiger partial charge in [0.25, 0.3) is 0 Å². The molecule has 1 fully saturated rings. The summed E-state index contributed by atoms with van der Waals surface area (Å²) in [6, 6.07) is 5.66. The molecule has 1 aromatic heterocycles. The molecule has 0 aliphatic carbocycles. The molecule has 0 spiro atoms. The van der Waals surface area contributed by atoms with E-state index in [9.17, 15) is 0 Å². The summed E-state index contributed by atoms with van der Waals surface area (Å²) in [5, 5.41) is 3.01. The van der Waals surface area contributed by atoms with Crippen molar-refractivity contribution in [1.29, 1.82) is 0 Å². The fraction of sp³-hybridized carbons (Fsp3) is 0.538. The molecule has 0 radical (unpaired) electrons. The van der Waals surface area contributed by atoms with Crippen molar-refractivity contribution in [3.05, 3.63) is 24.4 Å². The second-order valence-corrected chi connectivity index (χ2v) is 6.07. The third kappa shape index (κ3) is 3.61. The molecule has 2 rings (SSSR count). The zero-order chi connectivity index (χ0) is 13.7. The highest BCUT2D eigenvalue weighted by Gasteiger charge is 2.36. The first-order chi connectivity index (χ1) is 9.12. The third-order valence-electron chi connectivity index (χ3n) is 3.50. The SMILES string of the molecule is CN(C)C1(CN=C(N)Nc2ccccn2)CCSC1. The van der Waals surface area contributed by atoms with Crippen molar-refractivity contribution >= 4 is 23.5 Å². The fourth-order valence-electron chi connectivity index (χ4n) is 2.06. The van der Waals surface area contributed by atoms with E-state index >= 15 is 0 Å². The summed E-state index contributed by atoms with van der Waals surface area (Å²) in [7, 11) is 4.23. The van der Waals surface area contributed by atoms with Crippen molar-refractivity contribution in [2.24, 2.45) is 10.7 Å². The van der Waals surface area contributed by atoms with Gasteiger partial charge in [0.1, 0.15) is 5.82 Å². The highest BCUT2D eigenvalue weighted by molar-refractivity contribution is 7.99. The Balaban J connectivity index is 1.97. The van der Waals surface area contributed by atoms with Crippen molar-refractivity contribution in [3.8, 4) is 0 Å². The van der Waals surface area contributed by atoms with Crippen molar-refractivity contribution in [1.82, 2.24) is 9.88 Å². The fourth-order valence-corrected chi connectivity index (χ4v) is 3.60. The number of hydrogen-bond acceptors (Lipinski definition) is 4. The molecule has 2 heterocycles. The molecule has 0 saturated carbocycles. The number of guanidine groups is 1. The summed E-state index contributed by atoms with van der Waals surface area (Å²) < 4.78 is 0. The van der Waals surface area contributed by atoms with Crippen LogP contribution in [0.15, 0.2) is 29.4 Å². The maximum absolute atomic E-state index is 5.92. The number of anilines is 1. The van der Waals surface area contributed by atoms with E-state index in [0.717, 1.165) is 24.5 Å². The summed E-state index contributed by atoms with van der Waals surface area (Å²) in [5.41, 5.74) is 6.06. The van der Waals surface area contributed by atoms with Crippen LogP contribution in [0.2, 0.25) is 0 Å². The molecule has 1 atom stereocenters. The zero-order valence-corrected chi connectivity index (χ0v) is 12.3. The van der Waals surface area contributed by atoms with Crippen LogP contribution in [-0.2, 0) is 0 Å². The molecular weight excluding hydrogens is 258 g/mol. The molecular formula is C13H21N5S. The number of nitrogens with one attached hydrogen (secondary N) is 1. The lowest BCUT2D eigenvalue weighted by Gasteiger charge is -2.34. The van der Waals surface area contributed by atoms with Crippen molar-refractivity contribution in [2.75, 3.05) is 37.5 Å². The molecule has 0 aromatic carbocycles. The first-order valence-electron chi connectivity index (χ1n) is 6.36. The van der Waals surface area contributed by atoms with Gasteiger partial charge in [-0.05, 0) is 38.4 Å². The smallest absolute Gasteiger partial charge is 0.194 e. The predicted octanol–water partition coefficient (Wildman–Crippen LogP) is 1.25. The maximum atomic E-state index is 5.92. The quantitative estimate of drug-likeness (QED) is 0.641. The summed E-state index contributed by atoms with van der Waals surface area (Å²) in [4.78, 5) is 10.9. The molecule has 104 valence electrons. The Labute approximate surface area is 118 Å². The van der Waals surface area contributed by atoms with Crippen LogP contribution in [0.4, 0.5) is 5.82 Å². The first kappa shape index (κ1) is 14.1. The lowest BCUT2D eigenvalue weighted by atomic mass is 9.98. The van der Waals surface area contributed by atoms with Crippen LogP contribution < -0.4 is 11.1 Å². The molecule has 19 heavy (non-hydrogen) atoms. The molecule has 5 nitrogen and oxygen atoms in total. The van der Waals surface area contributed by atoms with Crippen LogP contribution in [0.1, 0.15) is 6.42 Å². The predicted molar refractivity (Wildman–Crippen MR) is 82.7 cm³/mol. The van der Waals surface area contributed by atoms with E-state index in [2.05, 4.69) is 34.3 Å². The van der Waals surface area contributed by atoms with Gasteiger partial charge in [0.05, 0.1) is 6.54 Å². The van der Waals surface area contributed by atoms with Gasteiger partial charge >= 0.3 is 0 Å². The van der Waals surface area contributed by atoms with Gasteiger partial charge < -0.3 is 16.0 Å². The van der Waals surface area contributed by atoms with E-state index in [1.54, 1.807) is 6.20 Å². The Morgan fingerprint density at radius 1 is 1.58 bits per heavy atom. The van der Waals surface area contributed by atoms with Crippen LogP contribution in [0.5, 0.6) is 0 Å². The van der Waals surface area contributed by atoms with Gasteiger partial charge in [-0.3, -0.25) is 4.99 Å². The zero-order valence-electron chi connectivity index (χ0n) is 11.5. The standard InChI is InChI=1S/C13H21N5S/c1-18(2)13(6-8-19-10-13)9-16-12(14)17-11-5-3-4-7-15-11/h3-5,7H,6,8-10H2,1-2H3,(H3,14,15,16,17). The van der Waals surface area contributed by atoms with Crippen LogP contribution in [0.25, 0.3) is 0 Å². The van der Waals surface area contributed by atoms with E-state index in [0.29, 0.717) is 5.96 Å². The van der Waals surface area contributed by atoms with Crippen molar-refractivity contribution in [3.63, 3.8) is 0 Å². The average Bonchev–Trinajstić information content (AvgIpc) is 2.88. The number of thioether (sulfide) groups is 1. The number of nitrogens with two attached hydrogens (primary N) is 1. The second-order valence-electron chi connectivity index (χ2n) is 4.96. The number of pyridine rings is 1. The number of rotatable bonds is 4. The van der Waals surface area contributed by atoms with E-state index in [4.69, 9.17) is 5.73 Å². The topological polar surface area (TPSA) is 66.5 Å². The summed E-state index contributed by atoms with van der Waals surface area (Å²) in [5.74, 6) is 3.46. The van der Waals surface area contributed by atoms with Crippen LogP contribution in [0.3, 0.4) is 0 Å². The normalized spacial score (nSPS) is 23.8. The number of aliphatic imine (C=N–C) groups is 1. The molecule has 6 heteroatoms. The van der Waals surface area contributed by atoms with E-state index < -0.39 is 0 Å². The molecule has 1 aliphatic rings. The summed E-state index contributed by atoms with van der Waals surface area (Å²) in [6.07, 6.45) is 2.88. The van der Waals surface area contributed by atoms with Gasteiger partial charge in [-0.1, -0.05) is 6.07 Å². The maximum Gasteiger partial charge on any atom is 0.194 e. The minimum absolute atomic E-state index is 0.140. The third-order valence-corrected chi connectivity index (χ3v) is 4.73. The minimum Gasteiger partial charge on any atom is -0.370 e. The molecule has 0 bridgehead atoms. The lowest BCUT2D eigenvalue weighted by Crippen LogP contribution is -2.47. The summed E-state index contributed by atoms with van der Waals surface area (Å²) in [6.45, 7) is 0.721. The summed E-state index contributed by atoms with van der Waals surface area (Å²) >= 11 is 1.98. The molecule has 1 aromatic rings. The molecule has 1 unspecified atom stereocenters. The van der Waals surface area contributed by atoms with Crippen LogP contribution in [-0.4, -0.2) is 53.5 Å². The van der Waals surface area contributed by atoms with Crippen LogP contribution in [0, 0.1) is 0 Å². The largest absolute Gasteiger partial charge is 0.370 e. The Bertz CT molecular complexity index is 426. The van der Waals surface area contributed by atoms with Gasteiger partial charge in [-0.25, -0.2) is 4.98 Å². The van der Waals surface area contributed by atoms with Crippen molar-refractivity contribution in [2.45, 2.75) is 12.0 Å². The number of likely N-dealkylation sites (N-methyl/N-ethyl adjacent to an activating group) is 1. The Kier molecular flexibility index (Phi) is 4.66. The van der Waals surface area contributed by atoms with E-state index in [1.807, 2.05) is 30.0 Å². The number of hydrogen-bond donors (Lipinski definition) is 2. The molecule has 3 N–H and O–H groups in total. The van der Waals surface area contributed by atoms with Gasteiger partial charge in [0, 0.05) is 17.5 Å². The van der Waals surface area contributed by atoms with Gasteiger partial charge in [0.2, 0.25) is 0 Å². The van der Waals surface area contributed by atoms with Gasteiger partial charge in [-0.15, -0.1) is 0 Å². The highest BCUT2D eigenvalue weighted by Crippen LogP contribution is 2.32. The van der Waals surface area contributed by atoms with E-state index in [-0.39, 0.29) is 5.54 Å². The first-order valence-corrected chi connectivity index (χ1v) is 7.51. The minimum atomic E-state index is 0.140. The molecule has 1 aliphatic heterocycles. The highest BCUT2D eigenvalue weighted by atomic mass is 32.2. The Hall–Kier alpha value is -1.27. The van der Waals surface area contributed by atoms with Crippen molar-refractivity contribution < 1.29 is 0 Å². The molecule has 0 amide bonds. The van der Waals surface area contributed by atoms with Gasteiger partial charge in [0.15, 0.2) is 5.96 Å². The second kappa shape index (κ2) is 6.25. The molecule has 1 saturated heterocycles. The van der Waals surface area contributed by atoms with Crippen LogP contribution >= 0.6 is 11.8 Å². The Morgan fingerprint density at radius 2 is 2.42 bits per heavy atom. The van der Waals surface area contributed by atoms with Gasteiger partial charge in [-0.2, -0.15) is 11.8 Å².